The summed E-state index contributed by atoms with van der Waals surface area (Å²) in [4.78, 5) is 13.8. The zero-order chi connectivity index (χ0) is 14.0. The zero-order valence-electron chi connectivity index (χ0n) is 11.4. The topological polar surface area (TPSA) is 75.7 Å². The minimum Gasteiger partial charge on any atom is -0.369 e. The number of nitrogens with zero attached hydrogens (tertiary/aromatic N) is 1. The van der Waals surface area contributed by atoms with Gasteiger partial charge in [0.25, 0.3) is 5.91 Å². The quantitative estimate of drug-likeness (QED) is 0.782. The van der Waals surface area contributed by atoms with Crippen LogP contribution in [0.3, 0.4) is 0 Å². The van der Waals surface area contributed by atoms with Crippen LogP contribution in [0.15, 0.2) is 0 Å². The van der Waals surface area contributed by atoms with Crippen LogP contribution in [-0.4, -0.2) is 57.3 Å². The number of sulfonamides is 1. The Morgan fingerprint density at radius 1 is 1.33 bits per heavy atom. The SMILES string of the molecule is COC(C)(C)C(=O)N1CCC(NS(C)(=O)=O)CC1. The van der Waals surface area contributed by atoms with Crippen molar-refractivity contribution >= 4 is 15.9 Å². The molecular weight excluding hydrogens is 256 g/mol. The molecule has 0 aromatic heterocycles. The van der Waals surface area contributed by atoms with Gasteiger partial charge in [-0.1, -0.05) is 0 Å². The van der Waals surface area contributed by atoms with E-state index in [-0.39, 0.29) is 11.9 Å². The van der Waals surface area contributed by atoms with Crippen molar-refractivity contribution in [3.8, 4) is 0 Å². The van der Waals surface area contributed by atoms with Gasteiger partial charge in [-0.05, 0) is 26.7 Å². The molecule has 1 saturated heterocycles. The highest BCUT2D eigenvalue weighted by molar-refractivity contribution is 7.88. The molecule has 0 atom stereocenters. The highest BCUT2D eigenvalue weighted by Crippen LogP contribution is 2.17. The molecule has 1 aliphatic heterocycles. The van der Waals surface area contributed by atoms with Gasteiger partial charge in [-0.25, -0.2) is 13.1 Å². The number of likely N-dealkylation sites (tertiary alicyclic amines) is 1. The summed E-state index contributed by atoms with van der Waals surface area (Å²) in [5, 5.41) is 0. The minimum absolute atomic E-state index is 0.0530. The predicted molar refractivity (Wildman–Crippen MR) is 68.7 cm³/mol. The minimum atomic E-state index is -3.17. The second-order valence-electron chi connectivity index (χ2n) is 5.17. The summed E-state index contributed by atoms with van der Waals surface area (Å²) in [5.74, 6) is -0.0530. The van der Waals surface area contributed by atoms with E-state index in [4.69, 9.17) is 4.74 Å². The van der Waals surface area contributed by atoms with Crippen LogP contribution in [0.2, 0.25) is 0 Å². The van der Waals surface area contributed by atoms with Gasteiger partial charge in [0.2, 0.25) is 10.0 Å². The smallest absolute Gasteiger partial charge is 0.254 e. The molecule has 1 heterocycles. The maximum Gasteiger partial charge on any atom is 0.254 e. The molecule has 18 heavy (non-hydrogen) atoms. The first-order valence-electron chi connectivity index (χ1n) is 5.97. The first-order valence-corrected chi connectivity index (χ1v) is 7.86. The predicted octanol–water partition coefficient (Wildman–Crippen LogP) is -0.0484. The van der Waals surface area contributed by atoms with Gasteiger partial charge in [0, 0.05) is 26.2 Å². The average molecular weight is 278 g/mol. The van der Waals surface area contributed by atoms with E-state index in [2.05, 4.69) is 4.72 Å². The van der Waals surface area contributed by atoms with E-state index in [1.54, 1.807) is 18.7 Å². The Morgan fingerprint density at radius 3 is 2.22 bits per heavy atom. The van der Waals surface area contributed by atoms with Gasteiger partial charge < -0.3 is 9.64 Å². The first-order chi connectivity index (χ1) is 8.15. The maximum atomic E-state index is 12.1. The molecule has 1 aliphatic rings. The normalized spacial score (nSPS) is 19.0. The fraction of sp³-hybridized carbons (Fsp3) is 0.909. The molecule has 106 valence electrons. The number of nitrogens with one attached hydrogen (secondary N) is 1. The van der Waals surface area contributed by atoms with E-state index in [0.29, 0.717) is 25.9 Å². The van der Waals surface area contributed by atoms with Gasteiger partial charge >= 0.3 is 0 Å². The van der Waals surface area contributed by atoms with Gasteiger partial charge in [0.15, 0.2) is 0 Å². The fourth-order valence-corrected chi connectivity index (χ4v) is 2.81. The molecule has 0 radical (unpaired) electrons. The van der Waals surface area contributed by atoms with Crippen molar-refractivity contribution in [2.45, 2.75) is 38.3 Å². The molecule has 0 bridgehead atoms. The summed E-state index contributed by atoms with van der Waals surface area (Å²) in [6, 6.07) is -0.0743. The largest absolute Gasteiger partial charge is 0.369 e. The maximum absolute atomic E-state index is 12.1. The van der Waals surface area contributed by atoms with E-state index >= 15 is 0 Å². The van der Waals surface area contributed by atoms with Crippen LogP contribution in [0.5, 0.6) is 0 Å². The van der Waals surface area contributed by atoms with Crippen LogP contribution in [0, 0.1) is 0 Å². The lowest BCUT2D eigenvalue weighted by molar-refractivity contribution is -0.152. The molecule has 0 unspecified atom stereocenters. The highest BCUT2D eigenvalue weighted by atomic mass is 32.2. The average Bonchev–Trinajstić information content (AvgIpc) is 2.27. The lowest BCUT2D eigenvalue weighted by Gasteiger charge is -2.36. The third-order valence-corrected chi connectivity index (χ3v) is 3.95. The van der Waals surface area contributed by atoms with Crippen LogP contribution < -0.4 is 4.72 Å². The Balaban J connectivity index is 2.52. The first kappa shape index (κ1) is 15.4. The molecule has 7 heteroatoms. The standard InChI is InChI=1S/C11H22N2O4S/c1-11(2,17-3)10(14)13-7-5-9(6-8-13)12-18(4,15)16/h9,12H,5-8H2,1-4H3. The van der Waals surface area contributed by atoms with E-state index < -0.39 is 15.6 Å². The number of piperidine rings is 1. The van der Waals surface area contributed by atoms with Crippen LogP contribution >= 0.6 is 0 Å². The monoisotopic (exact) mass is 278 g/mol. The number of hydrogen-bond acceptors (Lipinski definition) is 4. The number of rotatable bonds is 4. The number of ether oxygens (including phenoxy) is 1. The summed E-state index contributed by atoms with van der Waals surface area (Å²) in [6.07, 6.45) is 2.43. The van der Waals surface area contributed by atoms with E-state index in [9.17, 15) is 13.2 Å². The fourth-order valence-electron chi connectivity index (χ4n) is 1.97. The third-order valence-electron chi connectivity index (χ3n) is 3.19. The summed E-state index contributed by atoms with van der Waals surface area (Å²) in [5.41, 5.74) is -0.822. The van der Waals surface area contributed by atoms with Gasteiger partial charge in [-0.15, -0.1) is 0 Å². The summed E-state index contributed by atoms with van der Waals surface area (Å²) >= 11 is 0. The number of carbonyl (C=O) groups is 1. The molecule has 1 amide bonds. The Bertz CT molecular complexity index is 397. The van der Waals surface area contributed by atoms with Gasteiger partial charge in [-0.2, -0.15) is 0 Å². The highest BCUT2D eigenvalue weighted by Gasteiger charge is 2.34. The second kappa shape index (κ2) is 5.54. The molecule has 1 N–H and O–H groups in total. The van der Waals surface area contributed by atoms with Gasteiger partial charge in [0.1, 0.15) is 5.60 Å². The van der Waals surface area contributed by atoms with Gasteiger partial charge in [-0.3, -0.25) is 4.79 Å². The molecule has 6 nitrogen and oxygen atoms in total. The van der Waals surface area contributed by atoms with Crippen molar-refractivity contribution in [2.24, 2.45) is 0 Å². The molecule has 0 aliphatic carbocycles. The van der Waals surface area contributed by atoms with Crippen LogP contribution in [0.25, 0.3) is 0 Å². The molecule has 0 aromatic carbocycles. The van der Waals surface area contributed by atoms with Crippen LogP contribution in [-0.2, 0) is 19.6 Å². The Hall–Kier alpha value is -0.660. The van der Waals surface area contributed by atoms with Crippen molar-refractivity contribution in [1.29, 1.82) is 0 Å². The van der Waals surface area contributed by atoms with E-state index in [1.165, 1.54) is 7.11 Å². The van der Waals surface area contributed by atoms with Crippen molar-refractivity contribution in [2.75, 3.05) is 26.5 Å². The Labute approximate surface area is 109 Å². The number of methoxy groups -OCH3 is 1. The number of amides is 1. The van der Waals surface area contributed by atoms with Crippen molar-refractivity contribution in [3.63, 3.8) is 0 Å². The number of hydrogen-bond donors (Lipinski definition) is 1. The lowest BCUT2D eigenvalue weighted by atomic mass is 10.0. The Morgan fingerprint density at radius 2 is 1.83 bits per heavy atom. The zero-order valence-corrected chi connectivity index (χ0v) is 12.2. The van der Waals surface area contributed by atoms with Crippen molar-refractivity contribution in [3.05, 3.63) is 0 Å². The molecule has 0 saturated carbocycles. The summed E-state index contributed by atoms with van der Waals surface area (Å²) in [6.45, 7) is 4.57. The second-order valence-corrected chi connectivity index (χ2v) is 6.95. The molecule has 1 rings (SSSR count). The molecule has 0 aromatic rings. The summed E-state index contributed by atoms with van der Waals surface area (Å²) < 4.78 is 29.9. The van der Waals surface area contributed by atoms with Gasteiger partial charge in [0.05, 0.1) is 6.26 Å². The Kier molecular flexibility index (Phi) is 4.74. The molecule has 0 spiro atoms. The van der Waals surface area contributed by atoms with E-state index in [0.717, 1.165) is 6.26 Å². The van der Waals surface area contributed by atoms with Crippen molar-refractivity contribution < 1.29 is 17.9 Å². The molecular formula is C11H22N2O4S. The van der Waals surface area contributed by atoms with Crippen LogP contribution in [0.1, 0.15) is 26.7 Å². The van der Waals surface area contributed by atoms with Crippen molar-refractivity contribution in [1.82, 2.24) is 9.62 Å². The number of carbonyl (C=O) groups excluding carboxylic acids is 1. The molecule has 1 fully saturated rings. The van der Waals surface area contributed by atoms with E-state index in [1.807, 2.05) is 0 Å². The third kappa shape index (κ3) is 4.22. The van der Waals surface area contributed by atoms with Crippen LogP contribution in [0.4, 0.5) is 0 Å². The lowest BCUT2D eigenvalue weighted by Crippen LogP contribution is -2.52. The summed E-state index contributed by atoms with van der Waals surface area (Å²) in [7, 11) is -1.66.